The second kappa shape index (κ2) is 8.06. The van der Waals surface area contributed by atoms with Crippen molar-refractivity contribution in [3.8, 4) is 11.6 Å². The molecule has 0 spiro atoms. The number of nitrogens with one attached hydrogen (secondary N) is 1. The SMILES string of the molecule is CCOc1ccc(Cl)c(C(=O)NCc2ccccc2OC(F)(F)F)n1. The molecule has 2 aromatic rings. The van der Waals surface area contributed by atoms with Crippen molar-refractivity contribution >= 4 is 17.5 Å². The van der Waals surface area contributed by atoms with Crippen molar-refractivity contribution in [2.75, 3.05) is 6.61 Å². The Kier molecular flexibility index (Phi) is 6.08. The summed E-state index contributed by atoms with van der Waals surface area (Å²) in [6.45, 7) is 1.92. The summed E-state index contributed by atoms with van der Waals surface area (Å²) in [5.41, 5.74) is 0.0760. The summed E-state index contributed by atoms with van der Waals surface area (Å²) < 4.78 is 46.3. The summed E-state index contributed by atoms with van der Waals surface area (Å²) in [5.74, 6) is -0.816. The molecule has 0 fully saturated rings. The zero-order chi connectivity index (χ0) is 18.4. The third-order valence-corrected chi connectivity index (χ3v) is 3.27. The maximum absolute atomic E-state index is 12.4. The first-order chi connectivity index (χ1) is 11.8. The Labute approximate surface area is 146 Å². The summed E-state index contributed by atoms with van der Waals surface area (Å²) in [6, 6.07) is 8.47. The molecule has 1 heterocycles. The number of carbonyl (C=O) groups is 1. The maximum atomic E-state index is 12.4. The lowest BCUT2D eigenvalue weighted by Gasteiger charge is -2.14. The van der Waals surface area contributed by atoms with Crippen molar-refractivity contribution in [2.45, 2.75) is 19.8 Å². The van der Waals surface area contributed by atoms with Crippen LogP contribution in [0.5, 0.6) is 11.6 Å². The van der Waals surface area contributed by atoms with Gasteiger partial charge in [-0.25, -0.2) is 4.98 Å². The van der Waals surface area contributed by atoms with E-state index in [1.807, 2.05) is 0 Å². The lowest BCUT2D eigenvalue weighted by atomic mass is 10.2. The smallest absolute Gasteiger partial charge is 0.478 e. The van der Waals surface area contributed by atoms with Gasteiger partial charge in [-0.05, 0) is 19.1 Å². The highest BCUT2D eigenvalue weighted by Gasteiger charge is 2.32. The van der Waals surface area contributed by atoms with Gasteiger partial charge >= 0.3 is 6.36 Å². The summed E-state index contributed by atoms with van der Waals surface area (Å²) in [6.07, 6.45) is -4.82. The average Bonchev–Trinajstić information content (AvgIpc) is 2.54. The average molecular weight is 375 g/mol. The Morgan fingerprint density at radius 1 is 1.24 bits per heavy atom. The number of alkyl halides is 3. The predicted octanol–water partition coefficient (Wildman–Crippen LogP) is 3.96. The molecule has 1 amide bonds. The maximum Gasteiger partial charge on any atom is 0.573 e. The number of rotatable bonds is 6. The third-order valence-electron chi connectivity index (χ3n) is 2.97. The monoisotopic (exact) mass is 374 g/mol. The number of hydrogen-bond acceptors (Lipinski definition) is 4. The lowest BCUT2D eigenvalue weighted by molar-refractivity contribution is -0.274. The Morgan fingerprint density at radius 3 is 2.64 bits per heavy atom. The summed E-state index contributed by atoms with van der Waals surface area (Å²) in [7, 11) is 0. The fraction of sp³-hybridized carbons (Fsp3) is 0.250. The molecule has 2 rings (SSSR count). The van der Waals surface area contributed by atoms with Gasteiger partial charge in [-0.1, -0.05) is 29.8 Å². The molecule has 0 bridgehead atoms. The van der Waals surface area contributed by atoms with Gasteiger partial charge in [0.05, 0.1) is 11.6 Å². The number of amides is 1. The molecule has 0 aliphatic heterocycles. The van der Waals surface area contributed by atoms with Crippen LogP contribution < -0.4 is 14.8 Å². The number of halogens is 4. The first-order valence-electron chi connectivity index (χ1n) is 7.21. The van der Waals surface area contributed by atoms with E-state index in [0.29, 0.717) is 6.61 Å². The van der Waals surface area contributed by atoms with E-state index in [1.54, 1.807) is 6.92 Å². The van der Waals surface area contributed by atoms with Gasteiger partial charge in [-0.3, -0.25) is 4.79 Å². The topological polar surface area (TPSA) is 60.5 Å². The van der Waals surface area contributed by atoms with Gasteiger partial charge in [-0.2, -0.15) is 0 Å². The molecular formula is C16H14ClF3N2O3. The molecule has 1 aromatic carbocycles. The van der Waals surface area contributed by atoms with E-state index >= 15 is 0 Å². The third kappa shape index (κ3) is 5.53. The van der Waals surface area contributed by atoms with Gasteiger partial charge in [-0.15, -0.1) is 13.2 Å². The van der Waals surface area contributed by atoms with Crippen LogP contribution in [0.4, 0.5) is 13.2 Å². The predicted molar refractivity (Wildman–Crippen MR) is 84.7 cm³/mol. The highest BCUT2D eigenvalue weighted by molar-refractivity contribution is 6.33. The number of aromatic nitrogens is 1. The molecule has 25 heavy (non-hydrogen) atoms. The van der Waals surface area contributed by atoms with Crippen molar-refractivity contribution in [1.82, 2.24) is 10.3 Å². The molecule has 0 aliphatic rings. The Bertz CT molecular complexity index is 754. The minimum Gasteiger partial charge on any atom is -0.478 e. The van der Waals surface area contributed by atoms with Crippen LogP contribution in [0.15, 0.2) is 36.4 Å². The van der Waals surface area contributed by atoms with Crippen LogP contribution in [0.1, 0.15) is 23.0 Å². The Hall–Kier alpha value is -2.48. The molecule has 0 aliphatic carbocycles. The number of ether oxygens (including phenoxy) is 2. The van der Waals surface area contributed by atoms with Crippen LogP contribution in [0.25, 0.3) is 0 Å². The molecule has 1 N–H and O–H groups in total. The van der Waals surface area contributed by atoms with Crippen LogP contribution in [0.3, 0.4) is 0 Å². The lowest BCUT2D eigenvalue weighted by Crippen LogP contribution is -2.25. The molecule has 5 nitrogen and oxygen atoms in total. The van der Waals surface area contributed by atoms with Crippen LogP contribution in [-0.2, 0) is 6.54 Å². The van der Waals surface area contributed by atoms with Gasteiger partial charge in [0.25, 0.3) is 5.91 Å². The van der Waals surface area contributed by atoms with Crippen LogP contribution in [0, 0.1) is 0 Å². The number of benzene rings is 1. The molecule has 0 saturated carbocycles. The minimum atomic E-state index is -4.82. The van der Waals surface area contributed by atoms with E-state index in [-0.39, 0.29) is 28.7 Å². The van der Waals surface area contributed by atoms with Crippen LogP contribution in [-0.4, -0.2) is 23.9 Å². The van der Waals surface area contributed by atoms with Gasteiger partial charge < -0.3 is 14.8 Å². The van der Waals surface area contributed by atoms with E-state index in [9.17, 15) is 18.0 Å². The van der Waals surface area contributed by atoms with Crippen LogP contribution in [0.2, 0.25) is 5.02 Å². The number of nitrogens with zero attached hydrogens (tertiary/aromatic N) is 1. The highest BCUT2D eigenvalue weighted by atomic mass is 35.5. The van der Waals surface area contributed by atoms with Crippen molar-refractivity contribution in [3.63, 3.8) is 0 Å². The first-order valence-corrected chi connectivity index (χ1v) is 7.59. The van der Waals surface area contributed by atoms with E-state index in [1.165, 1.54) is 30.3 Å². The van der Waals surface area contributed by atoms with E-state index in [4.69, 9.17) is 16.3 Å². The number of para-hydroxylation sites is 1. The van der Waals surface area contributed by atoms with Gasteiger partial charge in [0, 0.05) is 18.2 Å². The van der Waals surface area contributed by atoms with Crippen molar-refractivity contribution in [3.05, 3.63) is 52.7 Å². The van der Waals surface area contributed by atoms with Crippen LogP contribution >= 0.6 is 11.6 Å². The largest absolute Gasteiger partial charge is 0.573 e. The first kappa shape index (κ1) is 18.9. The number of pyridine rings is 1. The molecule has 0 radical (unpaired) electrons. The molecular weight excluding hydrogens is 361 g/mol. The molecule has 1 aromatic heterocycles. The van der Waals surface area contributed by atoms with Gasteiger partial charge in [0.2, 0.25) is 5.88 Å². The number of carbonyl (C=O) groups excluding carboxylic acids is 1. The van der Waals surface area contributed by atoms with E-state index < -0.39 is 18.0 Å². The second-order valence-corrected chi connectivity index (χ2v) is 5.16. The Morgan fingerprint density at radius 2 is 1.96 bits per heavy atom. The second-order valence-electron chi connectivity index (χ2n) is 4.75. The van der Waals surface area contributed by atoms with Crippen molar-refractivity contribution in [1.29, 1.82) is 0 Å². The van der Waals surface area contributed by atoms with E-state index in [0.717, 1.165) is 6.07 Å². The van der Waals surface area contributed by atoms with Gasteiger partial charge in [0.15, 0.2) is 5.69 Å². The van der Waals surface area contributed by atoms with Crippen molar-refractivity contribution < 1.29 is 27.4 Å². The molecule has 0 atom stereocenters. The van der Waals surface area contributed by atoms with Gasteiger partial charge in [0.1, 0.15) is 5.75 Å². The Balaban J connectivity index is 2.12. The number of hydrogen-bond donors (Lipinski definition) is 1. The minimum absolute atomic E-state index is 0.0816. The zero-order valence-electron chi connectivity index (χ0n) is 13.1. The molecule has 134 valence electrons. The van der Waals surface area contributed by atoms with E-state index in [2.05, 4.69) is 15.0 Å². The quantitative estimate of drug-likeness (QED) is 0.831. The summed E-state index contributed by atoms with van der Waals surface area (Å²) in [4.78, 5) is 16.2. The fourth-order valence-electron chi connectivity index (χ4n) is 1.95. The molecule has 9 heteroatoms. The zero-order valence-corrected chi connectivity index (χ0v) is 13.8. The summed E-state index contributed by atoms with van der Waals surface area (Å²) in [5, 5.41) is 2.56. The highest BCUT2D eigenvalue weighted by Crippen LogP contribution is 2.26. The summed E-state index contributed by atoms with van der Waals surface area (Å²) >= 11 is 5.94. The molecule has 0 saturated heterocycles. The molecule has 0 unspecified atom stereocenters. The fourth-order valence-corrected chi connectivity index (χ4v) is 2.14. The standard InChI is InChI=1S/C16H14ClF3N2O3/c1-2-24-13-8-7-11(17)14(22-13)15(23)21-9-10-5-3-4-6-12(10)25-16(18,19)20/h3-8H,2,9H2,1H3,(H,21,23). The van der Waals surface area contributed by atoms with Crippen molar-refractivity contribution in [2.24, 2.45) is 0 Å². The normalized spacial score (nSPS) is 11.1.